The Morgan fingerprint density at radius 1 is 1.55 bits per heavy atom. The van der Waals surface area contributed by atoms with E-state index >= 15 is 0 Å². The summed E-state index contributed by atoms with van der Waals surface area (Å²) >= 11 is 1.28. The van der Waals surface area contributed by atoms with Gasteiger partial charge in [-0.2, -0.15) is 0 Å². The summed E-state index contributed by atoms with van der Waals surface area (Å²) in [4.78, 5) is 16.0. The molecule has 3 N–H and O–H groups in total. The van der Waals surface area contributed by atoms with E-state index in [2.05, 4.69) is 10.3 Å². The van der Waals surface area contributed by atoms with Crippen molar-refractivity contribution in [2.24, 2.45) is 11.7 Å². The van der Waals surface area contributed by atoms with E-state index in [0.29, 0.717) is 16.4 Å². The molecular formula is C14H17ClFN3O2S. The number of carbonyl (C=O) groups is 1. The van der Waals surface area contributed by atoms with Gasteiger partial charge in [0.15, 0.2) is 16.7 Å². The molecule has 2 aromatic rings. The number of carbonyl (C=O) groups excluding carboxylic acids is 1. The summed E-state index contributed by atoms with van der Waals surface area (Å²) in [6.45, 7) is 2.01. The Balaban J connectivity index is 0.00000242. The molecule has 0 aliphatic carbocycles. The largest absolute Gasteiger partial charge is 0.494 e. The van der Waals surface area contributed by atoms with Crippen molar-refractivity contribution in [3.05, 3.63) is 29.4 Å². The molecule has 0 fully saturated rings. The first-order valence-corrected chi connectivity index (χ1v) is 7.23. The first-order chi connectivity index (χ1) is 10.0. The number of amides is 1. The number of aromatic nitrogens is 1. The van der Waals surface area contributed by atoms with Crippen molar-refractivity contribution in [1.29, 1.82) is 0 Å². The van der Waals surface area contributed by atoms with Crippen LogP contribution in [0.25, 0.3) is 11.3 Å². The van der Waals surface area contributed by atoms with Crippen LogP contribution in [0.3, 0.4) is 0 Å². The Kier molecular flexibility index (Phi) is 6.73. The number of hydrogen-bond donors (Lipinski definition) is 2. The van der Waals surface area contributed by atoms with Crippen molar-refractivity contribution in [3.8, 4) is 17.0 Å². The number of rotatable bonds is 5. The van der Waals surface area contributed by atoms with E-state index in [1.54, 1.807) is 24.4 Å². The molecule has 1 heterocycles. The summed E-state index contributed by atoms with van der Waals surface area (Å²) < 4.78 is 18.5. The summed E-state index contributed by atoms with van der Waals surface area (Å²) in [6.07, 6.45) is 0. The van der Waals surface area contributed by atoms with Gasteiger partial charge < -0.3 is 15.8 Å². The zero-order valence-electron chi connectivity index (χ0n) is 12.1. The minimum Gasteiger partial charge on any atom is -0.494 e. The standard InChI is InChI=1S/C14H16FN3O2S.ClH/c1-8(6-16)13(19)18-14-17-11(7-21-14)9-3-4-12(20-2)10(15)5-9;/h3-5,7-8H,6,16H2,1-2H3,(H,17,18,19);1H. The van der Waals surface area contributed by atoms with E-state index in [-0.39, 0.29) is 36.5 Å². The molecule has 8 heteroatoms. The number of thiazole rings is 1. The van der Waals surface area contributed by atoms with Crippen LogP contribution >= 0.6 is 23.7 Å². The van der Waals surface area contributed by atoms with Crippen LogP contribution in [0.4, 0.5) is 9.52 Å². The van der Waals surface area contributed by atoms with Crippen LogP contribution in [-0.2, 0) is 4.79 Å². The number of hydrogen-bond acceptors (Lipinski definition) is 5. The third-order valence-corrected chi connectivity index (χ3v) is 3.74. The fourth-order valence-corrected chi connectivity index (χ4v) is 2.35. The zero-order chi connectivity index (χ0) is 15.4. The van der Waals surface area contributed by atoms with E-state index in [0.717, 1.165) is 0 Å². The van der Waals surface area contributed by atoms with Gasteiger partial charge in [0.25, 0.3) is 0 Å². The normalized spacial score (nSPS) is 11.5. The Labute approximate surface area is 138 Å². The number of methoxy groups -OCH3 is 1. The fourth-order valence-electron chi connectivity index (χ4n) is 1.63. The Morgan fingerprint density at radius 3 is 2.86 bits per heavy atom. The second kappa shape index (κ2) is 8.07. The minimum absolute atomic E-state index is 0. The summed E-state index contributed by atoms with van der Waals surface area (Å²) in [5, 5.41) is 4.91. The van der Waals surface area contributed by atoms with Crippen LogP contribution in [0.5, 0.6) is 5.75 Å². The third kappa shape index (κ3) is 4.16. The van der Waals surface area contributed by atoms with Crippen LogP contribution in [0.2, 0.25) is 0 Å². The molecule has 22 heavy (non-hydrogen) atoms. The van der Waals surface area contributed by atoms with Gasteiger partial charge in [-0.15, -0.1) is 23.7 Å². The topological polar surface area (TPSA) is 77.2 Å². The van der Waals surface area contributed by atoms with Gasteiger partial charge in [0.1, 0.15) is 0 Å². The van der Waals surface area contributed by atoms with Crippen molar-refractivity contribution in [1.82, 2.24) is 4.98 Å². The molecule has 5 nitrogen and oxygen atoms in total. The molecule has 2 rings (SSSR count). The maximum absolute atomic E-state index is 13.7. The molecule has 0 saturated heterocycles. The van der Waals surface area contributed by atoms with Gasteiger partial charge in [0.05, 0.1) is 12.8 Å². The number of nitrogens with one attached hydrogen (secondary N) is 1. The summed E-state index contributed by atoms with van der Waals surface area (Å²) in [7, 11) is 1.41. The molecule has 1 aromatic carbocycles. The molecule has 0 saturated carbocycles. The summed E-state index contributed by atoms with van der Waals surface area (Å²) in [5.41, 5.74) is 6.65. The van der Waals surface area contributed by atoms with Gasteiger partial charge in [-0.1, -0.05) is 6.92 Å². The molecule has 0 aliphatic heterocycles. The van der Waals surface area contributed by atoms with Gasteiger partial charge in [-0.05, 0) is 18.2 Å². The van der Waals surface area contributed by atoms with Crippen LogP contribution in [0.15, 0.2) is 23.6 Å². The lowest BCUT2D eigenvalue weighted by Crippen LogP contribution is -2.26. The molecular weight excluding hydrogens is 329 g/mol. The van der Waals surface area contributed by atoms with E-state index in [4.69, 9.17) is 10.5 Å². The quantitative estimate of drug-likeness (QED) is 0.873. The van der Waals surface area contributed by atoms with Gasteiger partial charge in [0, 0.05) is 23.4 Å². The van der Waals surface area contributed by atoms with E-state index in [9.17, 15) is 9.18 Å². The van der Waals surface area contributed by atoms with Crippen molar-refractivity contribution in [2.75, 3.05) is 19.0 Å². The highest BCUT2D eigenvalue weighted by molar-refractivity contribution is 7.14. The van der Waals surface area contributed by atoms with Crippen LogP contribution in [-0.4, -0.2) is 24.5 Å². The second-order valence-corrected chi connectivity index (χ2v) is 5.37. The highest BCUT2D eigenvalue weighted by atomic mass is 35.5. The molecule has 1 amide bonds. The SMILES string of the molecule is COc1ccc(-c2csc(NC(=O)C(C)CN)n2)cc1F.Cl. The summed E-state index contributed by atoms with van der Waals surface area (Å²) in [5.74, 6) is -0.736. The minimum atomic E-state index is -0.453. The van der Waals surface area contributed by atoms with Crippen molar-refractivity contribution < 1.29 is 13.9 Å². The Hall–Kier alpha value is -1.70. The van der Waals surface area contributed by atoms with Gasteiger partial charge in [-0.25, -0.2) is 9.37 Å². The van der Waals surface area contributed by atoms with E-state index in [1.165, 1.54) is 24.5 Å². The number of halogens is 2. The predicted octanol–water partition coefficient (Wildman–Crippen LogP) is 2.91. The van der Waals surface area contributed by atoms with Gasteiger partial charge in [-0.3, -0.25) is 4.79 Å². The third-order valence-electron chi connectivity index (χ3n) is 2.98. The molecule has 1 unspecified atom stereocenters. The van der Waals surface area contributed by atoms with Crippen LogP contribution < -0.4 is 15.8 Å². The molecule has 0 radical (unpaired) electrons. The average Bonchev–Trinajstić information content (AvgIpc) is 2.94. The Morgan fingerprint density at radius 2 is 2.27 bits per heavy atom. The lowest BCUT2D eigenvalue weighted by Gasteiger charge is -2.06. The lowest BCUT2D eigenvalue weighted by molar-refractivity contribution is -0.119. The number of nitrogens with two attached hydrogens (primary N) is 1. The molecule has 0 spiro atoms. The molecule has 1 aromatic heterocycles. The van der Waals surface area contributed by atoms with E-state index < -0.39 is 5.82 Å². The fraction of sp³-hybridized carbons (Fsp3) is 0.286. The summed E-state index contributed by atoms with van der Waals surface area (Å²) in [6, 6.07) is 4.60. The van der Waals surface area contributed by atoms with E-state index in [1.807, 2.05) is 0 Å². The van der Waals surface area contributed by atoms with Crippen LogP contribution in [0.1, 0.15) is 6.92 Å². The maximum atomic E-state index is 13.7. The monoisotopic (exact) mass is 345 g/mol. The predicted molar refractivity (Wildman–Crippen MR) is 88.2 cm³/mol. The molecule has 1 atom stereocenters. The first-order valence-electron chi connectivity index (χ1n) is 6.35. The zero-order valence-corrected chi connectivity index (χ0v) is 13.8. The molecule has 120 valence electrons. The number of anilines is 1. The first kappa shape index (κ1) is 18.3. The van der Waals surface area contributed by atoms with Gasteiger partial charge >= 0.3 is 0 Å². The lowest BCUT2D eigenvalue weighted by atomic mass is 10.1. The number of ether oxygens (including phenoxy) is 1. The number of benzene rings is 1. The Bertz CT molecular complexity index is 651. The molecule has 0 bridgehead atoms. The maximum Gasteiger partial charge on any atom is 0.230 e. The van der Waals surface area contributed by atoms with Gasteiger partial charge in [0.2, 0.25) is 5.91 Å². The number of nitrogens with zero attached hydrogens (tertiary/aromatic N) is 1. The smallest absolute Gasteiger partial charge is 0.230 e. The highest BCUT2D eigenvalue weighted by Gasteiger charge is 2.14. The van der Waals surface area contributed by atoms with Crippen molar-refractivity contribution >= 4 is 34.8 Å². The van der Waals surface area contributed by atoms with Crippen molar-refractivity contribution in [2.45, 2.75) is 6.92 Å². The highest BCUT2D eigenvalue weighted by Crippen LogP contribution is 2.28. The second-order valence-electron chi connectivity index (χ2n) is 4.51. The molecule has 0 aliphatic rings. The van der Waals surface area contributed by atoms with Crippen molar-refractivity contribution in [3.63, 3.8) is 0 Å². The average molecular weight is 346 g/mol. The van der Waals surface area contributed by atoms with Crippen LogP contribution in [0, 0.1) is 11.7 Å².